The molecule has 7 heteroatoms. The average molecular weight is 298 g/mol. The Morgan fingerprint density at radius 1 is 1.26 bits per heavy atom. The van der Waals surface area contributed by atoms with Crippen molar-refractivity contribution >= 4 is 27.8 Å². The van der Waals surface area contributed by atoms with E-state index in [0.29, 0.717) is 6.61 Å². The molecule has 0 aliphatic heterocycles. The van der Waals surface area contributed by atoms with E-state index < -0.39 is 0 Å². The summed E-state index contributed by atoms with van der Waals surface area (Å²) in [5, 5.41) is 14.5. The van der Waals surface area contributed by atoms with Gasteiger partial charge in [0.05, 0.1) is 22.2 Å². The molecule has 0 aromatic carbocycles. The van der Waals surface area contributed by atoms with Crippen molar-refractivity contribution in [2.24, 2.45) is 0 Å². The van der Waals surface area contributed by atoms with E-state index in [1.54, 1.807) is 29.8 Å². The van der Waals surface area contributed by atoms with Crippen molar-refractivity contribution in [2.45, 2.75) is 33.3 Å². The van der Waals surface area contributed by atoms with E-state index in [9.17, 15) is 0 Å². The molecular weight excluding hydrogens is 280 g/mol. The Bertz CT molecular complexity index is 524. The first-order valence-electron chi connectivity index (χ1n) is 6.27. The Balaban J connectivity index is 2.13. The minimum Gasteiger partial charge on any atom is -0.378 e. The monoisotopic (exact) mass is 298 g/mol. The van der Waals surface area contributed by atoms with Crippen molar-refractivity contribution in [3.05, 3.63) is 10.7 Å². The van der Waals surface area contributed by atoms with Gasteiger partial charge in [0.15, 0.2) is 5.01 Å². The zero-order valence-electron chi connectivity index (χ0n) is 11.4. The number of hydrogen-bond acceptors (Lipinski definition) is 7. The van der Waals surface area contributed by atoms with Crippen LogP contribution in [0.25, 0.3) is 9.88 Å². The molecule has 104 valence electrons. The topological polar surface area (TPSA) is 59.9 Å². The van der Waals surface area contributed by atoms with Gasteiger partial charge >= 0.3 is 0 Å². The van der Waals surface area contributed by atoms with Gasteiger partial charge in [-0.2, -0.15) is 0 Å². The first-order valence-corrected chi connectivity index (χ1v) is 7.91. The number of hydrogen-bond donors (Lipinski definition) is 1. The lowest BCUT2D eigenvalue weighted by Crippen LogP contribution is -1.99. The molecule has 2 heterocycles. The third-order valence-corrected chi connectivity index (χ3v) is 4.56. The van der Waals surface area contributed by atoms with Crippen LogP contribution in [0.15, 0.2) is 0 Å². The molecule has 0 radical (unpaired) electrons. The van der Waals surface area contributed by atoms with E-state index in [1.807, 2.05) is 6.92 Å². The Kier molecular flexibility index (Phi) is 5.24. The summed E-state index contributed by atoms with van der Waals surface area (Å²) in [5.74, 6) is 0. The summed E-state index contributed by atoms with van der Waals surface area (Å²) < 4.78 is 5.17. The van der Waals surface area contributed by atoms with Crippen molar-refractivity contribution in [1.82, 2.24) is 15.2 Å². The second-order valence-electron chi connectivity index (χ2n) is 4.13. The maximum Gasteiger partial charge on any atom is 0.206 e. The van der Waals surface area contributed by atoms with Gasteiger partial charge in [-0.25, -0.2) is 4.98 Å². The van der Waals surface area contributed by atoms with Crippen LogP contribution in [0.2, 0.25) is 0 Å². The predicted octanol–water partition coefficient (Wildman–Crippen LogP) is 3.33. The number of nitrogens with one attached hydrogen (secondary N) is 1. The van der Waals surface area contributed by atoms with Gasteiger partial charge in [-0.3, -0.25) is 0 Å². The van der Waals surface area contributed by atoms with Crippen LogP contribution in [-0.4, -0.2) is 28.8 Å². The van der Waals surface area contributed by atoms with Crippen molar-refractivity contribution < 1.29 is 4.74 Å². The Labute approximate surface area is 121 Å². The van der Waals surface area contributed by atoms with Gasteiger partial charge in [-0.15, -0.1) is 21.5 Å². The lowest BCUT2D eigenvalue weighted by Gasteiger charge is -1.98. The number of aromatic nitrogens is 3. The summed E-state index contributed by atoms with van der Waals surface area (Å²) in [5.41, 5.74) is 0.946. The SMILES string of the molecule is CCCCNc1nnc(-c2sc(C)nc2COC)s1. The smallest absolute Gasteiger partial charge is 0.206 e. The van der Waals surface area contributed by atoms with Crippen molar-refractivity contribution in [3.8, 4) is 9.88 Å². The number of thiazole rings is 1. The van der Waals surface area contributed by atoms with E-state index in [2.05, 4.69) is 27.4 Å². The fourth-order valence-corrected chi connectivity index (χ4v) is 3.41. The van der Waals surface area contributed by atoms with Crippen LogP contribution < -0.4 is 5.32 Å². The molecule has 0 spiro atoms. The van der Waals surface area contributed by atoms with Gasteiger partial charge in [0.25, 0.3) is 0 Å². The van der Waals surface area contributed by atoms with Gasteiger partial charge in [0.2, 0.25) is 5.13 Å². The number of anilines is 1. The van der Waals surface area contributed by atoms with E-state index in [1.165, 1.54) is 6.42 Å². The van der Waals surface area contributed by atoms with Crippen LogP contribution in [0, 0.1) is 6.92 Å². The standard InChI is InChI=1S/C12H18N4OS2/c1-4-5-6-13-12-16-15-11(19-12)10-9(7-17-3)14-8(2)18-10/h4-7H2,1-3H3,(H,13,16). The van der Waals surface area contributed by atoms with E-state index >= 15 is 0 Å². The largest absolute Gasteiger partial charge is 0.378 e. The molecule has 0 unspecified atom stereocenters. The minimum absolute atomic E-state index is 0.512. The number of aryl methyl sites for hydroxylation is 1. The molecule has 0 atom stereocenters. The Morgan fingerprint density at radius 2 is 2.11 bits per heavy atom. The van der Waals surface area contributed by atoms with E-state index in [0.717, 1.165) is 38.7 Å². The molecule has 0 fully saturated rings. The molecule has 2 rings (SSSR count). The Morgan fingerprint density at radius 3 is 2.84 bits per heavy atom. The summed E-state index contributed by atoms with van der Waals surface area (Å²) >= 11 is 3.21. The third kappa shape index (κ3) is 3.71. The molecule has 5 nitrogen and oxygen atoms in total. The maximum atomic E-state index is 5.17. The van der Waals surface area contributed by atoms with Gasteiger partial charge in [-0.05, 0) is 13.3 Å². The first kappa shape index (κ1) is 14.4. The van der Waals surface area contributed by atoms with Gasteiger partial charge in [-0.1, -0.05) is 24.7 Å². The maximum absolute atomic E-state index is 5.17. The fourth-order valence-electron chi connectivity index (χ4n) is 1.63. The van der Waals surface area contributed by atoms with Crippen molar-refractivity contribution in [2.75, 3.05) is 19.0 Å². The predicted molar refractivity (Wildman–Crippen MR) is 79.9 cm³/mol. The molecule has 0 saturated carbocycles. The summed E-state index contributed by atoms with van der Waals surface area (Å²) in [4.78, 5) is 5.54. The first-order chi connectivity index (χ1) is 9.24. The molecule has 0 aliphatic rings. The molecule has 0 saturated heterocycles. The number of nitrogens with zero attached hydrogens (tertiary/aromatic N) is 3. The van der Waals surface area contributed by atoms with Crippen LogP contribution in [0.1, 0.15) is 30.5 Å². The van der Waals surface area contributed by atoms with Gasteiger partial charge in [0.1, 0.15) is 0 Å². The summed E-state index contributed by atoms with van der Waals surface area (Å²) in [6, 6.07) is 0. The molecule has 0 amide bonds. The van der Waals surface area contributed by atoms with Crippen molar-refractivity contribution in [1.29, 1.82) is 0 Å². The molecule has 1 N–H and O–H groups in total. The third-order valence-electron chi connectivity index (χ3n) is 2.51. The summed E-state index contributed by atoms with van der Waals surface area (Å²) in [6.45, 7) is 5.62. The van der Waals surface area contributed by atoms with Crippen LogP contribution in [0.4, 0.5) is 5.13 Å². The second kappa shape index (κ2) is 6.93. The average Bonchev–Trinajstić information content (AvgIpc) is 2.97. The van der Waals surface area contributed by atoms with Crippen LogP contribution in [0.5, 0.6) is 0 Å². The number of ether oxygens (including phenoxy) is 1. The van der Waals surface area contributed by atoms with Crippen molar-refractivity contribution in [3.63, 3.8) is 0 Å². The van der Waals surface area contributed by atoms with Gasteiger partial charge < -0.3 is 10.1 Å². The number of unbranched alkanes of at least 4 members (excludes halogenated alkanes) is 1. The molecular formula is C12H18N4OS2. The molecule has 2 aromatic rings. The van der Waals surface area contributed by atoms with E-state index in [-0.39, 0.29) is 0 Å². The van der Waals surface area contributed by atoms with Crippen LogP contribution >= 0.6 is 22.7 Å². The summed E-state index contributed by atoms with van der Waals surface area (Å²) in [7, 11) is 1.68. The Hall–Kier alpha value is -1.05. The number of rotatable bonds is 7. The molecule has 19 heavy (non-hydrogen) atoms. The normalized spacial score (nSPS) is 10.9. The molecule has 2 aromatic heterocycles. The van der Waals surface area contributed by atoms with E-state index in [4.69, 9.17) is 4.74 Å². The zero-order valence-corrected chi connectivity index (χ0v) is 13.0. The fraction of sp³-hybridized carbons (Fsp3) is 0.583. The summed E-state index contributed by atoms with van der Waals surface area (Å²) in [6.07, 6.45) is 2.31. The second-order valence-corrected chi connectivity index (χ2v) is 6.32. The van der Waals surface area contributed by atoms with Gasteiger partial charge in [0, 0.05) is 13.7 Å². The highest BCUT2D eigenvalue weighted by atomic mass is 32.1. The highest BCUT2D eigenvalue weighted by molar-refractivity contribution is 7.23. The quantitative estimate of drug-likeness (QED) is 0.795. The lowest BCUT2D eigenvalue weighted by molar-refractivity contribution is 0.182. The highest BCUT2D eigenvalue weighted by Crippen LogP contribution is 2.34. The van der Waals surface area contributed by atoms with Crippen LogP contribution in [-0.2, 0) is 11.3 Å². The zero-order chi connectivity index (χ0) is 13.7. The van der Waals surface area contributed by atoms with Crippen LogP contribution in [0.3, 0.4) is 0 Å². The highest BCUT2D eigenvalue weighted by Gasteiger charge is 2.15. The minimum atomic E-state index is 0.512. The lowest BCUT2D eigenvalue weighted by atomic mass is 10.3. The molecule has 0 aliphatic carbocycles. The molecule has 0 bridgehead atoms. The number of methoxy groups -OCH3 is 1.